The molecule has 0 fully saturated rings. The minimum absolute atomic E-state index is 1.33. The zero-order chi connectivity index (χ0) is 54.4. The predicted octanol–water partition coefficient (Wildman–Crippen LogP) is 9.47. The molecular formula is C73H60NSSn4+3. The Labute approximate surface area is 502 Å². The summed E-state index contributed by atoms with van der Waals surface area (Å²) in [6.07, 6.45) is 0. The van der Waals surface area contributed by atoms with E-state index in [0.29, 0.717) is 0 Å². The summed E-state index contributed by atoms with van der Waals surface area (Å²) in [6, 6.07) is 132. The first-order valence-electron chi connectivity index (χ1n) is 26.4. The van der Waals surface area contributed by atoms with E-state index in [0.717, 1.165) is 0 Å². The third-order valence-electron chi connectivity index (χ3n) is 12.7. The van der Waals surface area contributed by atoms with Crippen molar-refractivity contribution in [3.05, 3.63) is 369 Å². The molecule has 0 spiro atoms. The van der Waals surface area contributed by atoms with Crippen molar-refractivity contribution in [2.45, 2.75) is 0 Å². The first-order chi connectivity index (χ1) is 39.2. The Morgan fingerprint density at radius 3 is 0.291 bits per heavy atom. The van der Waals surface area contributed by atoms with Gasteiger partial charge in [0, 0.05) is 0 Å². The normalized spacial score (nSPS) is 9.82. The zero-order valence-corrected chi connectivity index (χ0v) is 56.2. The molecule has 0 aliphatic heterocycles. The van der Waals surface area contributed by atoms with Crippen molar-refractivity contribution in [2.24, 2.45) is 0 Å². The van der Waals surface area contributed by atoms with Crippen LogP contribution in [0.4, 0.5) is 0 Å². The van der Waals surface area contributed by atoms with Gasteiger partial charge in [-0.25, -0.2) is 0 Å². The van der Waals surface area contributed by atoms with Crippen molar-refractivity contribution >= 4 is 139 Å². The van der Waals surface area contributed by atoms with Crippen LogP contribution in [0, 0.1) is 0 Å². The van der Waals surface area contributed by atoms with Crippen LogP contribution in [0.1, 0.15) is 0 Å². The summed E-state index contributed by atoms with van der Waals surface area (Å²) >= 11 is -4.23. The van der Waals surface area contributed by atoms with Crippen molar-refractivity contribution in [2.75, 3.05) is 0 Å². The maximum atomic E-state index is 7.13. The van der Waals surface area contributed by atoms with Gasteiger partial charge in [-0.2, -0.15) is 5.16 Å². The number of nitrogens with zero attached hydrogens (tertiary/aromatic N) is 1. The molecule has 12 aromatic carbocycles. The summed E-state index contributed by atoms with van der Waals surface area (Å²) in [5, 5.41) is 8.47. The molecule has 0 unspecified atom stereocenters. The summed E-state index contributed by atoms with van der Waals surface area (Å²) in [5.41, 5.74) is 0. The molecule has 0 saturated heterocycles. The second kappa shape index (κ2) is 33.9. The number of benzene rings is 12. The first kappa shape index (κ1) is 58.8. The van der Waals surface area contributed by atoms with Gasteiger partial charge in [-0.1, -0.05) is 12.2 Å². The predicted molar refractivity (Wildman–Crippen MR) is 352 cm³/mol. The van der Waals surface area contributed by atoms with E-state index in [9.17, 15) is 0 Å². The average molecular weight is 1460 g/mol. The second-order valence-corrected chi connectivity index (χ2v) is 46.5. The Morgan fingerprint density at radius 2 is 0.228 bits per heavy atom. The molecule has 0 aromatic heterocycles. The van der Waals surface area contributed by atoms with Gasteiger partial charge in [-0.05, 0) is 0 Å². The third-order valence-corrected chi connectivity index (χ3v) is 43.9. The van der Waals surface area contributed by atoms with E-state index in [1.165, 1.54) is 48.1 Å². The standard InChI is InChI=1S/12C6H5.CNS.4Sn/c12*1-2-4-6-5-3-1;2-1-3;;;;/h12*1-5H;;;;;/q;;;;;;;;;;;;-1;4*+1. The molecule has 0 N–H and O–H groups in total. The van der Waals surface area contributed by atoms with Crippen LogP contribution in [0.3, 0.4) is 0 Å². The number of isothiocyanates is 1. The fourth-order valence-electron chi connectivity index (χ4n) is 9.26. The molecule has 376 valence electrons. The molecule has 0 heterocycles. The molecule has 0 amide bonds. The Bertz CT molecular complexity index is 2690. The van der Waals surface area contributed by atoms with Gasteiger partial charge in [-0.3, -0.25) is 0 Å². The molecule has 0 aliphatic carbocycles. The SMILES string of the molecule is [N-]=C=S.c1cc[c]([Sn+]([c]2ccccc2)[c]2ccccc2)cc1.c1cc[c]([Sn+]([c]2ccccc2)[c]2ccccc2)cc1.c1cc[c]([Sn+]([c]2ccccc2)[c]2ccccc2)cc1.c1cc[c]([Sn+]([c]2ccccc2)[c]2ccccc2)cc1. The Balaban J connectivity index is 0.000000136. The summed E-state index contributed by atoms with van der Waals surface area (Å²) in [7, 11) is 0. The second-order valence-electron chi connectivity index (χ2n) is 18.0. The van der Waals surface area contributed by atoms with E-state index in [4.69, 9.17) is 5.41 Å². The van der Waals surface area contributed by atoms with Gasteiger partial charge in [0.15, 0.2) is 0 Å². The molecule has 0 saturated carbocycles. The fraction of sp³-hybridized carbons (Fsp3) is 0. The number of rotatable bonds is 12. The van der Waals surface area contributed by atoms with Gasteiger partial charge in [-0.15, -0.1) is 0 Å². The van der Waals surface area contributed by atoms with Crippen molar-refractivity contribution in [3.8, 4) is 0 Å². The maximum absolute atomic E-state index is 7.13. The van der Waals surface area contributed by atoms with Crippen LogP contribution in [-0.4, -0.2) is 84.2 Å². The quantitative estimate of drug-likeness (QED) is 0.0680. The fourth-order valence-corrected chi connectivity index (χ4v) is 38.7. The van der Waals surface area contributed by atoms with Crippen LogP contribution >= 0.6 is 12.2 Å². The molecule has 0 radical (unpaired) electrons. The molecular weight excluding hydrogens is 1400 g/mol. The van der Waals surface area contributed by atoms with E-state index in [-0.39, 0.29) is 0 Å². The monoisotopic (exact) mass is 1460 g/mol. The topological polar surface area (TPSA) is 22.3 Å². The number of thiocarbonyl (C=S) groups is 1. The molecule has 6 heteroatoms. The van der Waals surface area contributed by atoms with Crippen LogP contribution < -0.4 is 43.0 Å². The molecule has 1 nitrogen and oxygen atoms in total. The van der Waals surface area contributed by atoms with Crippen molar-refractivity contribution < 1.29 is 0 Å². The molecule has 0 aliphatic rings. The summed E-state index contributed by atoms with van der Waals surface area (Å²) < 4.78 is 18.4. The van der Waals surface area contributed by atoms with Gasteiger partial charge < -0.3 is 5.41 Å². The number of hydrogen-bond donors (Lipinski definition) is 0. The molecule has 79 heavy (non-hydrogen) atoms. The van der Waals surface area contributed by atoms with Crippen molar-refractivity contribution in [3.63, 3.8) is 0 Å². The van der Waals surface area contributed by atoms with Crippen molar-refractivity contribution in [1.82, 2.24) is 0 Å². The third kappa shape index (κ3) is 18.3. The summed E-state index contributed by atoms with van der Waals surface area (Å²) in [5.74, 6) is 0. The van der Waals surface area contributed by atoms with E-state index in [2.05, 4.69) is 376 Å². The van der Waals surface area contributed by atoms with E-state index >= 15 is 0 Å². The van der Waals surface area contributed by atoms with E-state index < -0.39 is 79.0 Å². The van der Waals surface area contributed by atoms with E-state index in [1.807, 2.05) is 0 Å². The van der Waals surface area contributed by atoms with E-state index in [1.54, 1.807) is 0 Å². The van der Waals surface area contributed by atoms with Crippen LogP contribution in [0.5, 0.6) is 0 Å². The van der Waals surface area contributed by atoms with Crippen LogP contribution in [0.25, 0.3) is 5.41 Å². The van der Waals surface area contributed by atoms with Gasteiger partial charge in [0.1, 0.15) is 0 Å². The Hall–Kier alpha value is -6.37. The van der Waals surface area contributed by atoms with Crippen LogP contribution in [0.2, 0.25) is 0 Å². The van der Waals surface area contributed by atoms with Crippen LogP contribution in [-0.2, 0) is 0 Å². The molecule has 0 bridgehead atoms. The average Bonchev–Trinajstić information content (AvgIpc) is 3.55. The summed E-state index contributed by atoms with van der Waals surface area (Å²) in [4.78, 5) is 0. The molecule has 12 rings (SSSR count). The van der Waals surface area contributed by atoms with Gasteiger partial charge in [0.25, 0.3) is 0 Å². The first-order valence-corrected chi connectivity index (χ1v) is 43.9. The van der Waals surface area contributed by atoms with Crippen LogP contribution in [0.15, 0.2) is 364 Å². The minimum atomic E-state index is -1.98. The van der Waals surface area contributed by atoms with Gasteiger partial charge >= 0.3 is 486 Å². The van der Waals surface area contributed by atoms with Crippen molar-refractivity contribution in [1.29, 1.82) is 0 Å². The zero-order valence-electron chi connectivity index (χ0n) is 44.0. The Kier molecular flexibility index (Phi) is 25.2. The Morgan fingerprint density at radius 1 is 0.165 bits per heavy atom. The van der Waals surface area contributed by atoms with Gasteiger partial charge in [0.05, 0.1) is 0 Å². The number of hydrogen-bond acceptors (Lipinski definition) is 1. The van der Waals surface area contributed by atoms with Gasteiger partial charge in [0.2, 0.25) is 0 Å². The summed E-state index contributed by atoms with van der Waals surface area (Å²) in [6.45, 7) is 0. The molecule has 0 atom stereocenters. The molecule has 12 aromatic rings.